The van der Waals surface area contributed by atoms with E-state index in [4.69, 9.17) is 0 Å². The maximum Gasteiger partial charge on any atom is 0.240 e. The minimum absolute atomic E-state index is 0.0338. The summed E-state index contributed by atoms with van der Waals surface area (Å²) in [6.45, 7) is 8.36. The van der Waals surface area contributed by atoms with E-state index in [1.807, 2.05) is 6.92 Å². The Bertz CT molecular complexity index is 210. The largest absolute Gasteiger partial charge is 0.273 e. The zero-order chi connectivity index (χ0) is 11.7. The molecule has 0 aromatic rings. The van der Waals surface area contributed by atoms with Gasteiger partial charge < -0.3 is 0 Å². The van der Waals surface area contributed by atoms with Crippen LogP contribution in [-0.2, 0) is 4.79 Å². The molecule has 3 heteroatoms. The van der Waals surface area contributed by atoms with Gasteiger partial charge in [0.15, 0.2) is 0 Å². The van der Waals surface area contributed by atoms with Gasteiger partial charge in [-0.2, -0.15) is 5.10 Å². The first-order valence-corrected chi connectivity index (χ1v) is 5.88. The Balaban J connectivity index is 3.68. The van der Waals surface area contributed by atoms with Crippen molar-refractivity contribution in [1.82, 2.24) is 5.43 Å². The molecule has 0 saturated heterocycles. The average molecular weight is 212 g/mol. The van der Waals surface area contributed by atoms with Crippen molar-refractivity contribution in [3.63, 3.8) is 0 Å². The molecule has 0 spiro atoms. The summed E-state index contributed by atoms with van der Waals surface area (Å²) in [6.07, 6.45) is 4.74. The lowest BCUT2D eigenvalue weighted by Gasteiger charge is -2.04. The Morgan fingerprint density at radius 3 is 2.53 bits per heavy atom. The normalized spacial score (nSPS) is 11.9. The molecule has 0 aliphatic carbocycles. The Hall–Kier alpha value is -0.860. The smallest absolute Gasteiger partial charge is 0.240 e. The molecule has 1 N–H and O–H groups in total. The van der Waals surface area contributed by atoms with Crippen LogP contribution in [0.5, 0.6) is 0 Å². The highest BCUT2D eigenvalue weighted by atomic mass is 16.2. The van der Waals surface area contributed by atoms with Gasteiger partial charge in [-0.15, -0.1) is 0 Å². The third-order valence-corrected chi connectivity index (χ3v) is 2.08. The van der Waals surface area contributed by atoms with E-state index in [1.54, 1.807) is 0 Å². The van der Waals surface area contributed by atoms with E-state index < -0.39 is 0 Å². The molecule has 1 amide bonds. The lowest BCUT2D eigenvalue weighted by atomic mass is 10.1. The predicted molar refractivity (Wildman–Crippen MR) is 64.8 cm³/mol. The minimum Gasteiger partial charge on any atom is -0.273 e. The van der Waals surface area contributed by atoms with Gasteiger partial charge >= 0.3 is 0 Å². The second-order valence-corrected chi connectivity index (χ2v) is 4.44. The van der Waals surface area contributed by atoms with Crippen LogP contribution in [-0.4, -0.2) is 11.6 Å². The van der Waals surface area contributed by atoms with Crippen molar-refractivity contribution in [3.8, 4) is 0 Å². The number of carbonyl (C=O) groups is 1. The summed E-state index contributed by atoms with van der Waals surface area (Å²) in [5.74, 6) is 0.622. The monoisotopic (exact) mass is 212 g/mol. The fourth-order valence-electron chi connectivity index (χ4n) is 1.39. The van der Waals surface area contributed by atoms with Crippen molar-refractivity contribution < 1.29 is 4.79 Å². The van der Waals surface area contributed by atoms with Crippen LogP contribution in [0.25, 0.3) is 0 Å². The molecule has 0 bridgehead atoms. The lowest BCUT2D eigenvalue weighted by Crippen LogP contribution is -2.18. The Kier molecular flexibility index (Phi) is 7.96. The third kappa shape index (κ3) is 9.44. The Labute approximate surface area is 93.3 Å². The molecule has 88 valence electrons. The molecule has 0 heterocycles. The van der Waals surface area contributed by atoms with E-state index >= 15 is 0 Å². The van der Waals surface area contributed by atoms with Gasteiger partial charge in [0.2, 0.25) is 5.91 Å². The van der Waals surface area contributed by atoms with Crippen LogP contribution >= 0.6 is 0 Å². The van der Waals surface area contributed by atoms with E-state index in [0.717, 1.165) is 31.4 Å². The molecule has 0 saturated carbocycles. The molecule has 0 unspecified atom stereocenters. The van der Waals surface area contributed by atoms with Crippen LogP contribution in [0.1, 0.15) is 59.8 Å². The van der Waals surface area contributed by atoms with Crippen LogP contribution < -0.4 is 5.43 Å². The van der Waals surface area contributed by atoms with Gasteiger partial charge in [0, 0.05) is 12.1 Å². The van der Waals surface area contributed by atoms with E-state index in [2.05, 4.69) is 31.3 Å². The summed E-state index contributed by atoms with van der Waals surface area (Å²) in [7, 11) is 0. The maximum absolute atomic E-state index is 11.3. The molecule has 15 heavy (non-hydrogen) atoms. The van der Waals surface area contributed by atoms with Crippen LogP contribution in [0.3, 0.4) is 0 Å². The van der Waals surface area contributed by atoms with E-state index in [1.165, 1.54) is 0 Å². The van der Waals surface area contributed by atoms with E-state index in [-0.39, 0.29) is 5.91 Å². The van der Waals surface area contributed by atoms with Crippen molar-refractivity contribution >= 4 is 11.6 Å². The average Bonchev–Trinajstić information content (AvgIpc) is 2.14. The number of rotatable bonds is 7. The second kappa shape index (κ2) is 8.45. The summed E-state index contributed by atoms with van der Waals surface area (Å²) in [5, 5.41) is 4.06. The zero-order valence-electron chi connectivity index (χ0n) is 10.5. The number of unbranched alkanes of at least 4 members (excludes halogenated alkanes) is 2. The highest BCUT2D eigenvalue weighted by molar-refractivity contribution is 5.84. The van der Waals surface area contributed by atoms with Gasteiger partial charge in [-0.3, -0.25) is 4.79 Å². The highest BCUT2D eigenvalue weighted by Crippen LogP contribution is 2.01. The summed E-state index contributed by atoms with van der Waals surface area (Å²) >= 11 is 0. The molecule has 0 aromatic heterocycles. The Morgan fingerprint density at radius 1 is 1.33 bits per heavy atom. The molecule has 0 radical (unpaired) electrons. The maximum atomic E-state index is 11.3. The zero-order valence-corrected chi connectivity index (χ0v) is 10.5. The van der Waals surface area contributed by atoms with Crippen LogP contribution in [0.2, 0.25) is 0 Å². The number of nitrogens with one attached hydrogen (secondary N) is 1. The molecule has 0 aromatic carbocycles. The van der Waals surface area contributed by atoms with Gasteiger partial charge in [0.1, 0.15) is 0 Å². The van der Waals surface area contributed by atoms with Gasteiger partial charge in [0.25, 0.3) is 0 Å². The fraction of sp³-hybridized carbons (Fsp3) is 0.833. The molecule has 0 rings (SSSR count). The van der Waals surface area contributed by atoms with E-state index in [9.17, 15) is 4.79 Å². The van der Waals surface area contributed by atoms with Gasteiger partial charge in [0.05, 0.1) is 0 Å². The van der Waals surface area contributed by atoms with Gasteiger partial charge in [-0.1, -0.05) is 33.6 Å². The first-order chi connectivity index (χ1) is 7.06. The number of nitrogens with zero attached hydrogens (tertiary/aromatic N) is 1. The minimum atomic E-state index is 0.0338. The Morgan fingerprint density at radius 2 is 2.00 bits per heavy atom. The lowest BCUT2D eigenvalue weighted by molar-refractivity contribution is -0.121. The summed E-state index contributed by atoms with van der Waals surface area (Å²) in [5.41, 5.74) is 3.59. The third-order valence-electron chi connectivity index (χ3n) is 2.08. The van der Waals surface area contributed by atoms with Crippen LogP contribution in [0, 0.1) is 5.92 Å². The van der Waals surface area contributed by atoms with Crippen molar-refractivity contribution in [3.05, 3.63) is 0 Å². The molecule has 0 atom stereocenters. The standard InChI is InChI=1S/C12H24N2O/c1-5-6-7-8-12(15)14-13-11(4)9-10(2)3/h10H,5-9H2,1-4H3,(H,14,15)/b13-11+. The van der Waals surface area contributed by atoms with Crippen molar-refractivity contribution in [2.75, 3.05) is 0 Å². The molecule has 0 aliphatic heterocycles. The molecule has 0 aliphatic rings. The van der Waals surface area contributed by atoms with Crippen LogP contribution in [0.4, 0.5) is 0 Å². The number of hydrogen-bond acceptors (Lipinski definition) is 2. The topological polar surface area (TPSA) is 41.5 Å². The van der Waals surface area contributed by atoms with Gasteiger partial charge in [-0.25, -0.2) is 5.43 Å². The number of hydrogen-bond donors (Lipinski definition) is 1. The van der Waals surface area contributed by atoms with E-state index in [0.29, 0.717) is 12.3 Å². The fourth-order valence-corrected chi connectivity index (χ4v) is 1.39. The summed E-state index contributed by atoms with van der Waals surface area (Å²) in [4.78, 5) is 11.3. The van der Waals surface area contributed by atoms with Gasteiger partial charge in [-0.05, 0) is 25.7 Å². The van der Waals surface area contributed by atoms with Crippen molar-refractivity contribution in [2.45, 2.75) is 59.8 Å². The van der Waals surface area contributed by atoms with Crippen LogP contribution in [0.15, 0.2) is 5.10 Å². The number of carbonyl (C=O) groups excluding carboxylic acids is 1. The molecular weight excluding hydrogens is 188 g/mol. The summed E-state index contributed by atoms with van der Waals surface area (Å²) < 4.78 is 0. The first kappa shape index (κ1) is 14.1. The second-order valence-electron chi connectivity index (χ2n) is 4.44. The summed E-state index contributed by atoms with van der Waals surface area (Å²) in [6, 6.07) is 0. The molecule has 3 nitrogen and oxygen atoms in total. The number of amides is 1. The van der Waals surface area contributed by atoms with Crippen molar-refractivity contribution in [1.29, 1.82) is 0 Å². The number of hydrazone groups is 1. The molecular formula is C12H24N2O. The van der Waals surface area contributed by atoms with Crippen molar-refractivity contribution in [2.24, 2.45) is 11.0 Å². The highest BCUT2D eigenvalue weighted by Gasteiger charge is 2.00. The predicted octanol–water partition coefficient (Wildman–Crippen LogP) is 3.10. The SMILES string of the molecule is CCCCCC(=O)N/N=C(\C)CC(C)C. The first-order valence-electron chi connectivity index (χ1n) is 5.88. The molecule has 0 fully saturated rings. The quantitative estimate of drug-likeness (QED) is 0.393.